The molecule has 0 amide bonds. The van der Waals surface area contributed by atoms with Crippen LogP contribution in [0.1, 0.15) is 38.3 Å². The fourth-order valence-corrected chi connectivity index (χ4v) is 2.05. The minimum atomic E-state index is 0.286. The van der Waals surface area contributed by atoms with Crippen molar-refractivity contribution in [3.8, 4) is 5.75 Å². The molecule has 3 nitrogen and oxygen atoms in total. The van der Waals surface area contributed by atoms with Gasteiger partial charge < -0.3 is 15.2 Å². The van der Waals surface area contributed by atoms with Gasteiger partial charge in [-0.2, -0.15) is 0 Å². The van der Waals surface area contributed by atoms with Gasteiger partial charge in [-0.25, -0.2) is 0 Å². The molecular weight excluding hydrogens is 226 g/mol. The average molecular weight is 251 g/mol. The largest absolute Gasteiger partial charge is 0.496 e. The molecule has 0 fully saturated rings. The van der Waals surface area contributed by atoms with Crippen LogP contribution in [0.3, 0.4) is 0 Å². The van der Waals surface area contributed by atoms with Gasteiger partial charge in [0.15, 0.2) is 0 Å². The molecule has 2 N–H and O–H groups in total. The molecule has 0 saturated heterocycles. The third-order valence-electron chi connectivity index (χ3n) is 2.90. The molecule has 0 spiro atoms. The molecule has 18 heavy (non-hydrogen) atoms. The molecule has 0 bridgehead atoms. The summed E-state index contributed by atoms with van der Waals surface area (Å²) in [5.74, 6) is 1.51. The summed E-state index contributed by atoms with van der Waals surface area (Å²) in [4.78, 5) is 0. The maximum absolute atomic E-state index is 5.83. The van der Waals surface area contributed by atoms with Crippen molar-refractivity contribution >= 4 is 0 Å². The van der Waals surface area contributed by atoms with E-state index in [-0.39, 0.29) is 6.10 Å². The topological polar surface area (TPSA) is 44.5 Å². The summed E-state index contributed by atoms with van der Waals surface area (Å²) in [5.41, 5.74) is 7.86. The number of ether oxygens (including phenoxy) is 2. The number of hydrogen-bond acceptors (Lipinski definition) is 3. The average Bonchev–Trinajstić information content (AvgIpc) is 2.35. The molecule has 1 aromatic carbocycles. The zero-order valence-electron chi connectivity index (χ0n) is 11.9. The van der Waals surface area contributed by atoms with Crippen LogP contribution in [0.2, 0.25) is 0 Å². The summed E-state index contributed by atoms with van der Waals surface area (Å²) in [7, 11) is 1.66. The van der Waals surface area contributed by atoms with E-state index in [1.54, 1.807) is 7.11 Å². The summed E-state index contributed by atoms with van der Waals surface area (Å²) in [5, 5.41) is 0. The summed E-state index contributed by atoms with van der Waals surface area (Å²) in [6.07, 6.45) is 1.37. The Morgan fingerprint density at radius 1 is 1.22 bits per heavy atom. The molecular formula is C15H25NO2. The van der Waals surface area contributed by atoms with Gasteiger partial charge in [0.25, 0.3) is 0 Å². The van der Waals surface area contributed by atoms with E-state index in [4.69, 9.17) is 15.2 Å². The molecule has 1 aromatic rings. The van der Waals surface area contributed by atoms with Crippen LogP contribution in [0.5, 0.6) is 5.75 Å². The molecule has 102 valence electrons. The first-order valence-corrected chi connectivity index (χ1v) is 6.54. The minimum Gasteiger partial charge on any atom is -0.496 e. The van der Waals surface area contributed by atoms with Gasteiger partial charge in [-0.1, -0.05) is 19.9 Å². The van der Waals surface area contributed by atoms with Crippen molar-refractivity contribution in [3.05, 3.63) is 29.3 Å². The summed E-state index contributed by atoms with van der Waals surface area (Å²) < 4.78 is 11.1. The van der Waals surface area contributed by atoms with Crippen molar-refractivity contribution < 1.29 is 9.47 Å². The van der Waals surface area contributed by atoms with E-state index in [9.17, 15) is 0 Å². The van der Waals surface area contributed by atoms with Crippen molar-refractivity contribution in [3.63, 3.8) is 0 Å². The molecule has 1 unspecified atom stereocenters. The minimum absolute atomic E-state index is 0.286. The normalized spacial score (nSPS) is 12.8. The number of hydrogen-bond donors (Lipinski definition) is 1. The highest BCUT2D eigenvalue weighted by Crippen LogP contribution is 2.20. The Morgan fingerprint density at radius 3 is 2.50 bits per heavy atom. The Morgan fingerprint density at radius 2 is 1.94 bits per heavy atom. The molecule has 0 aliphatic carbocycles. The van der Waals surface area contributed by atoms with Crippen LogP contribution in [0.4, 0.5) is 0 Å². The van der Waals surface area contributed by atoms with E-state index < -0.39 is 0 Å². The fraction of sp³-hybridized carbons (Fsp3) is 0.600. The van der Waals surface area contributed by atoms with E-state index in [1.165, 1.54) is 0 Å². The third-order valence-corrected chi connectivity index (χ3v) is 2.90. The highest BCUT2D eigenvalue weighted by Gasteiger charge is 2.07. The Hall–Kier alpha value is -1.06. The predicted molar refractivity (Wildman–Crippen MR) is 74.6 cm³/mol. The SMILES string of the molecule is COc1ccc(COC(C)CC(C)C)cc1CN. The lowest BCUT2D eigenvalue weighted by Crippen LogP contribution is -2.11. The van der Waals surface area contributed by atoms with Gasteiger partial charge >= 0.3 is 0 Å². The Bertz CT molecular complexity index is 364. The molecule has 0 aliphatic rings. The van der Waals surface area contributed by atoms with E-state index >= 15 is 0 Å². The van der Waals surface area contributed by atoms with E-state index in [2.05, 4.69) is 26.8 Å². The first kappa shape index (κ1) is 15.0. The second-order valence-electron chi connectivity index (χ2n) is 5.10. The van der Waals surface area contributed by atoms with Crippen molar-refractivity contribution in [2.24, 2.45) is 11.7 Å². The van der Waals surface area contributed by atoms with E-state index in [0.29, 0.717) is 19.1 Å². The number of nitrogens with two attached hydrogens (primary N) is 1. The fourth-order valence-electron chi connectivity index (χ4n) is 2.05. The third kappa shape index (κ3) is 4.67. The first-order valence-electron chi connectivity index (χ1n) is 6.54. The lowest BCUT2D eigenvalue weighted by molar-refractivity contribution is 0.0396. The van der Waals surface area contributed by atoms with Gasteiger partial charge in [0, 0.05) is 12.1 Å². The van der Waals surface area contributed by atoms with Crippen LogP contribution in [0, 0.1) is 5.92 Å². The highest BCUT2D eigenvalue weighted by atomic mass is 16.5. The van der Waals surface area contributed by atoms with Crippen LogP contribution in [0.15, 0.2) is 18.2 Å². The molecule has 0 heterocycles. The molecule has 0 aromatic heterocycles. The monoisotopic (exact) mass is 251 g/mol. The maximum Gasteiger partial charge on any atom is 0.123 e. The van der Waals surface area contributed by atoms with Gasteiger partial charge in [0.05, 0.1) is 19.8 Å². The maximum atomic E-state index is 5.83. The van der Waals surface area contributed by atoms with Crippen molar-refractivity contribution in [2.45, 2.75) is 46.4 Å². The Labute approximate surface area is 110 Å². The molecule has 0 saturated carbocycles. The van der Waals surface area contributed by atoms with Crippen molar-refractivity contribution in [1.29, 1.82) is 0 Å². The second-order valence-corrected chi connectivity index (χ2v) is 5.10. The van der Waals surface area contributed by atoms with Crippen LogP contribution in [-0.4, -0.2) is 13.2 Å². The molecule has 1 rings (SSSR count). The van der Waals surface area contributed by atoms with Crippen molar-refractivity contribution in [2.75, 3.05) is 7.11 Å². The quantitative estimate of drug-likeness (QED) is 0.810. The Balaban J connectivity index is 2.57. The summed E-state index contributed by atoms with van der Waals surface area (Å²) in [6, 6.07) is 6.04. The highest BCUT2D eigenvalue weighted by molar-refractivity contribution is 5.36. The van der Waals surface area contributed by atoms with E-state index in [0.717, 1.165) is 23.3 Å². The zero-order valence-corrected chi connectivity index (χ0v) is 11.9. The van der Waals surface area contributed by atoms with Gasteiger partial charge in [-0.15, -0.1) is 0 Å². The number of rotatable bonds is 7. The molecule has 1 atom stereocenters. The first-order chi connectivity index (χ1) is 8.56. The molecule has 0 aliphatic heterocycles. The molecule has 0 radical (unpaired) electrons. The van der Waals surface area contributed by atoms with Crippen LogP contribution < -0.4 is 10.5 Å². The van der Waals surface area contributed by atoms with E-state index in [1.807, 2.05) is 12.1 Å². The smallest absolute Gasteiger partial charge is 0.123 e. The summed E-state index contributed by atoms with van der Waals surface area (Å²) >= 11 is 0. The zero-order chi connectivity index (χ0) is 13.5. The van der Waals surface area contributed by atoms with Crippen LogP contribution in [-0.2, 0) is 17.9 Å². The van der Waals surface area contributed by atoms with Crippen molar-refractivity contribution in [1.82, 2.24) is 0 Å². The standard InChI is InChI=1S/C15H25NO2/c1-11(2)7-12(3)18-10-13-5-6-15(17-4)14(8-13)9-16/h5-6,8,11-12H,7,9-10,16H2,1-4H3. The van der Waals surface area contributed by atoms with Gasteiger partial charge in [0.1, 0.15) is 5.75 Å². The van der Waals surface area contributed by atoms with Gasteiger partial charge in [0.2, 0.25) is 0 Å². The second kappa shape index (κ2) is 7.39. The van der Waals surface area contributed by atoms with Gasteiger partial charge in [-0.3, -0.25) is 0 Å². The Kier molecular flexibility index (Phi) is 6.16. The lowest BCUT2D eigenvalue weighted by atomic mass is 10.1. The lowest BCUT2D eigenvalue weighted by Gasteiger charge is -2.16. The summed E-state index contributed by atoms with van der Waals surface area (Å²) in [6.45, 7) is 7.65. The van der Waals surface area contributed by atoms with Crippen LogP contribution >= 0.6 is 0 Å². The number of benzene rings is 1. The van der Waals surface area contributed by atoms with Crippen LogP contribution in [0.25, 0.3) is 0 Å². The number of methoxy groups -OCH3 is 1. The molecule has 3 heteroatoms. The predicted octanol–water partition coefficient (Wildman–Crippen LogP) is 3.11. The van der Waals surface area contributed by atoms with Gasteiger partial charge in [-0.05, 0) is 37.0 Å².